The minimum atomic E-state index is 0.468. The van der Waals surface area contributed by atoms with Crippen LogP contribution in [0.2, 0.25) is 0 Å². The van der Waals surface area contributed by atoms with Crippen molar-refractivity contribution in [2.75, 3.05) is 6.54 Å². The number of rotatable bonds is 4. The maximum absolute atomic E-state index is 4.76. The second-order valence-corrected chi connectivity index (χ2v) is 11.2. The van der Waals surface area contributed by atoms with Gasteiger partial charge in [0.05, 0.1) is 0 Å². The summed E-state index contributed by atoms with van der Waals surface area (Å²) in [5.74, 6) is 0.468. The van der Waals surface area contributed by atoms with Gasteiger partial charge >= 0.3 is 0 Å². The Morgan fingerprint density at radius 2 is 1.07 bits per heavy atom. The van der Waals surface area contributed by atoms with Gasteiger partial charge in [-0.25, -0.2) is 0 Å². The zero-order valence-electron chi connectivity index (χ0n) is 23.3. The lowest BCUT2D eigenvalue weighted by Gasteiger charge is -2.29. The Morgan fingerprint density at radius 1 is 0.525 bits per heavy atom. The van der Waals surface area contributed by atoms with E-state index in [1.54, 1.807) is 0 Å². The summed E-state index contributed by atoms with van der Waals surface area (Å²) in [6.45, 7) is 7.46. The SMILES string of the molecule is CC1=CC=C(c2ccc(-c3c4ccccc4c(-c4cccc5c(C(C)C)cccc45)c4ccccc34)cc2)[N-]C1. The van der Waals surface area contributed by atoms with Crippen LogP contribution in [0.1, 0.15) is 37.8 Å². The summed E-state index contributed by atoms with van der Waals surface area (Å²) in [6.07, 6.45) is 4.30. The molecule has 0 saturated heterocycles. The summed E-state index contributed by atoms with van der Waals surface area (Å²) in [6, 6.07) is 40.4. The maximum atomic E-state index is 4.76. The molecule has 0 atom stereocenters. The first-order chi connectivity index (χ1) is 19.6. The van der Waals surface area contributed by atoms with E-state index in [4.69, 9.17) is 5.32 Å². The van der Waals surface area contributed by atoms with E-state index in [0.29, 0.717) is 5.92 Å². The van der Waals surface area contributed by atoms with E-state index in [0.717, 1.165) is 17.8 Å². The average Bonchev–Trinajstić information content (AvgIpc) is 3.00. The quantitative estimate of drug-likeness (QED) is 0.208. The van der Waals surface area contributed by atoms with Crippen molar-refractivity contribution in [2.45, 2.75) is 26.7 Å². The monoisotopic (exact) mass is 514 g/mol. The third-order valence-electron chi connectivity index (χ3n) is 8.27. The molecule has 0 spiro atoms. The third-order valence-corrected chi connectivity index (χ3v) is 8.27. The Kier molecular flexibility index (Phi) is 6.01. The Labute approximate surface area is 236 Å². The minimum Gasteiger partial charge on any atom is -0.680 e. The van der Waals surface area contributed by atoms with Crippen LogP contribution in [0.5, 0.6) is 0 Å². The molecule has 0 unspecified atom stereocenters. The van der Waals surface area contributed by atoms with Gasteiger partial charge in [0.15, 0.2) is 0 Å². The molecule has 0 amide bonds. The van der Waals surface area contributed by atoms with Crippen molar-refractivity contribution >= 4 is 38.0 Å². The van der Waals surface area contributed by atoms with Crippen molar-refractivity contribution in [3.05, 3.63) is 143 Å². The van der Waals surface area contributed by atoms with Crippen LogP contribution >= 0.6 is 0 Å². The molecule has 40 heavy (non-hydrogen) atoms. The van der Waals surface area contributed by atoms with Crippen molar-refractivity contribution in [3.8, 4) is 22.3 Å². The molecule has 0 N–H and O–H groups in total. The molecule has 0 saturated carbocycles. The van der Waals surface area contributed by atoms with Gasteiger partial charge in [-0.1, -0.05) is 141 Å². The van der Waals surface area contributed by atoms with Crippen LogP contribution in [0.15, 0.2) is 127 Å². The van der Waals surface area contributed by atoms with Gasteiger partial charge in [-0.05, 0) is 78.5 Å². The van der Waals surface area contributed by atoms with Crippen LogP contribution in [-0.4, -0.2) is 6.54 Å². The Balaban J connectivity index is 1.50. The standard InChI is InChI=1S/C39H32N/c1-25(2)29-14-8-16-31-30(29)15-9-17-32(31)39-35-12-6-4-10-33(35)38(34-11-5-7-13-36(34)39)28-21-19-27(20-22-28)37-23-18-26(3)24-40-37/h4-23,25H,24H2,1-3H3/q-1. The number of benzene rings is 6. The van der Waals surface area contributed by atoms with Crippen molar-refractivity contribution in [2.24, 2.45) is 0 Å². The molecule has 1 aliphatic rings. The van der Waals surface area contributed by atoms with E-state index < -0.39 is 0 Å². The fraction of sp³-hybridized carbons (Fsp3) is 0.128. The maximum Gasteiger partial charge on any atom is -0.00201 e. The lowest BCUT2D eigenvalue weighted by atomic mass is 9.84. The molecule has 0 bridgehead atoms. The van der Waals surface area contributed by atoms with Crippen LogP contribution in [-0.2, 0) is 0 Å². The van der Waals surface area contributed by atoms with Gasteiger partial charge in [0, 0.05) is 0 Å². The summed E-state index contributed by atoms with van der Waals surface area (Å²) in [7, 11) is 0. The molecular formula is C39H32N-. The second-order valence-electron chi connectivity index (χ2n) is 11.2. The molecule has 0 fully saturated rings. The van der Waals surface area contributed by atoms with Gasteiger partial charge in [0.25, 0.3) is 0 Å². The Morgan fingerprint density at radius 3 is 1.68 bits per heavy atom. The molecule has 6 aromatic carbocycles. The molecule has 0 aliphatic carbocycles. The van der Waals surface area contributed by atoms with Gasteiger partial charge in [-0.2, -0.15) is 0 Å². The van der Waals surface area contributed by atoms with E-state index in [9.17, 15) is 0 Å². The van der Waals surface area contributed by atoms with Crippen LogP contribution in [0.3, 0.4) is 0 Å². The van der Waals surface area contributed by atoms with Gasteiger partial charge in [-0.15, -0.1) is 12.2 Å². The zero-order chi connectivity index (χ0) is 27.2. The summed E-state index contributed by atoms with van der Waals surface area (Å²) >= 11 is 0. The van der Waals surface area contributed by atoms with E-state index in [-0.39, 0.29) is 0 Å². The lowest BCUT2D eigenvalue weighted by molar-refractivity contribution is 0.876. The third kappa shape index (κ3) is 4.01. The summed E-state index contributed by atoms with van der Waals surface area (Å²) in [4.78, 5) is 0. The summed E-state index contributed by atoms with van der Waals surface area (Å²) in [5.41, 5.74) is 10.0. The molecule has 6 aromatic rings. The van der Waals surface area contributed by atoms with E-state index in [2.05, 4.69) is 142 Å². The minimum absolute atomic E-state index is 0.468. The van der Waals surface area contributed by atoms with Gasteiger partial charge in [-0.3, -0.25) is 0 Å². The molecule has 0 radical (unpaired) electrons. The second kappa shape index (κ2) is 9.84. The molecule has 0 aromatic heterocycles. The zero-order valence-corrected chi connectivity index (χ0v) is 23.3. The van der Waals surface area contributed by atoms with Crippen LogP contribution in [0.25, 0.3) is 65.6 Å². The molecular weight excluding hydrogens is 482 g/mol. The number of hydrogen-bond donors (Lipinski definition) is 0. The van der Waals surface area contributed by atoms with Crippen LogP contribution in [0, 0.1) is 0 Å². The molecule has 194 valence electrons. The highest BCUT2D eigenvalue weighted by Crippen LogP contribution is 2.45. The first-order valence-electron chi connectivity index (χ1n) is 14.2. The predicted octanol–water partition coefficient (Wildman–Crippen LogP) is 11.3. The normalized spacial score (nSPS) is 13.5. The summed E-state index contributed by atoms with van der Waals surface area (Å²) in [5, 5.41) is 12.5. The number of allylic oxidation sites excluding steroid dienone is 2. The average molecular weight is 515 g/mol. The Hall–Kier alpha value is -4.62. The highest BCUT2D eigenvalue weighted by molar-refractivity contribution is 6.23. The molecule has 1 heteroatoms. The van der Waals surface area contributed by atoms with Gasteiger partial charge < -0.3 is 5.32 Å². The van der Waals surface area contributed by atoms with Gasteiger partial charge in [0.1, 0.15) is 0 Å². The van der Waals surface area contributed by atoms with E-state index in [1.807, 2.05) is 0 Å². The first kappa shape index (κ1) is 24.4. The fourth-order valence-corrected chi connectivity index (χ4v) is 6.32. The van der Waals surface area contributed by atoms with Crippen molar-refractivity contribution in [3.63, 3.8) is 0 Å². The van der Waals surface area contributed by atoms with Gasteiger partial charge in [0.2, 0.25) is 0 Å². The topological polar surface area (TPSA) is 14.1 Å². The van der Waals surface area contributed by atoms with Crippen molar-refractivity contribution in [1.82, 2.24) is 0 Å². The molecule has 1 aliphatic heterocycles. The fourth-order valence-electron chi connectivity index (χ4n) is 6.32. The van der Waals surface area contributed by atoms with E-state index in [1.165, 1.54) is 65.7 Å². The number of hydrogen-bond acceptors (Lipinski definition) is 0. The molecule has 1 heterocycles. The smallest absolute Gasteiger partial charge is 0.00201 e. The largest absolute Gasteiger partial charge is 0.680 e. The van der Waals surface area contributed by atoms with Crippen LogP contribution < -0.4 is 0 Å². The lowest BCUT2D eigenvalue weighted by Crippen LogP contribution is -1.95. The number of fused-ring (bicyclic) bond motifs is 3. The highest BCUT2D eigenvalue weighted by atomic mass is 14.9. The number of nitrogens with zero attached hydrogens (tertiary/aromatic N) is 1. The highest BCUT2D eigenvalue weighted by Gasteiger charge is 2.18. The summed E-state index contributed by atoms with van der Waals surface area (Å²) < 4.78 is 0. The van der Waals surface area contributed by atoms with Crippen molar-refractivity contribution < 1.29 is 0 Å². The molecule has 7 rings (SSSR count). The van der Waals surface area contributed by atoms with Crippen molar-refractivity contribution in [1.29, 1.82) is 0 Å². The van der Waals surface area contributed by atoms with E-state index >= 15 is 0 Å². The van der Waals surface area contributed by atoms with Crippen LogP contribution in [0.4, 0.5) is 0 Å². The molecule has 1 nitrogen and oxygen atoms in total. The first-order valence-corrected chi connectivity index (χ1v) is 14.2. The predicted molar refractivity (Wildman–Crippen MR) is 174 cm³/mol. The Bertz CT molecular complexity index is 1910.